The number of hydrogen-bond donors (Lipinski definition) is 0. The molecule has 0 radical (unpaired) electrons. The van der Waals surface area contributed by atoms with Crippen LogP contribution in [0.4, 0.5) is 5.69 Å². The summed E-state index contributed by atoms with van der Waals surface area (Å²) >= 11 is 1.45. The van der Waals surface area contributed by atoms with E-state index < -0.39 is 11.6 Å². The van der Waals surface area contributed by atoms with Crippen LogP contribution in [0.3, 0.4) is 0 Å². The lowest BCUT2D eigenvalue weighted by atomic mass is 9.96. The predicted molar refractivity (Wildman–Crippen MR) is 116 cm³/mol. The molecule has 10 nitrogen and oxygen atoms in total. The lowest BCUT2D eigenvalue weighted by molar-refractivity contribution is -0.159. The van der Waals surface area contributed by atoms with Gasteiger partial charge in [-0.2, -0.15) is 4.98 Å². The van der Waals surface area contributed by atoms with Gasteiger partial charge in [-0.1, -0.05) is 23.4 Å². The largest absolute Gasteiger partial charge is 0.454 e. The van der Waals surface area contributed by atoms with Crippen LogP contribution >= 0.6 is 11.3 Å². The number of carbonyl (C=O) groups is 3. The molecule has 1 unspecified atom stereocenters. The summed E-state index contributed by atoms with van der Waals surface area (Å²) in [5, 5.41) is 5.75. The highest BCUT2D eigenvalue weighted by Gasteiger charge is 2.61. The van der Waals surface area contributed by atoms with Crippen molar-refractivity contribution in [2.24, 2.45) is 0 Å². The van der Waals surface area contributed by atoms with Crippen LogP contribution in [0.2, 0.25) is 0 Å². The van der Waals surface area contributed by atoms with E-state index >= 15 is 0 Å². The highest BCUT2D eigenvalue weighted by molar-refractivity contribution is 7.13. The Labute approximate surface area is 192 Å². The maximum absolute atomic E-state index is 13.5. The monoisotopic (exact) mass is 468 g/mol. The molecule has 1 atom stereocenters. The third-order valence-electron chi connectivity index (χ3n) is 5.75. The number of benzene rings is 1. The number of aromatic nitrogens is 2. The molecular formula is C22H20N4O6S. The highest BCUT2D eigenvalue weighted by Crippen LogP contribution is 2.45. The van der Waals surface area contributed by atoms with E-state index in [-0.39, 0.29) is 50.2 Å². The fourth-order valence-corrected chi connectivity index (χ4v) is 4.94. The van der Waals surface area contributed by atoms with Gasteiger partial charge in [-0.3, -0.25) is 14.5 Å². The number of fused-ring (bicyclic) bond motifs is 3. The number of para-hydroxylation sites is 1. The Balaban J connectivity index is 1.46. The quantitative estimate of drug-likeness (QED) is 0.486. The van der Waals surface area contributed by atoms with E-state index in [4.69, 9.17) is 14.0 Å². The molecule has 1 fully saturated rings. The summed E-state index contributed by atoms with van der Waals surface area (Å²) in [6.07, 6.45) is 0.214. The van der Waals surface area contributed by atoms with Crippen LogP contribution in [0.25, 0.3) is 10.8 Å². The Kier molecular flexibility index (Phi) is 5.43. The molecule has 2 aliphatic rings. The van der Waals surface area contributed by atoms with E-state index in [1.165, 1.54) is 28.2 Å². The second-order valence-corrected chi connectivity index (χ2v) is 8.53. The molecular weight excluding hydrogens is 448 g/mol. The van der Waals surface area contributed by atoms with Crippen molar-refractivity contribution in [1.29, 1.82) is 0 Å². The average Bonchev–Trinajstić information content (AvgIpc) is 3.58. The fraction of sp³-hybridized carbons (Fsp3) is 0.318. The number of thiophene rings is 1. The van der Waals surface area contributed by atoms with Crippen molar-refractivity contribution in [2.75, 3.05) is 25.2 Å². The zero-order chi connectivity index (χ0) is 23.0. The van der Waals surface area contributed by atoms with Gasteiger partial charge in [0.15, 0.2) is 6.61 Å². The summed E-state index contributed by atoms with van der Waals surface area (Å²) in [4.78, 5) is 47.7. The van der Waals surface area contributed by atoms with Gasteiger partial charge >= 0.3 is 5.97 Å². The Morgan fingerprint density at radius 2 is 2.09 bits per heavy atom. The van der Waals surface area contributed by atoms with E-state index in [0.717, 1.165) is 4.88 Å². The van der Waals surface area contributed by atoms with E-state index in [1.807, 2.05) is 17.5 Å². The average molecular weight is 468 g/mol. The first-order chi connectivity index (χ1) is 16.1. The predicted octanol–water partition coefficient (Wildman–Crippen LogP) is 2.47. The summed E-state index contributed by atoms with van der Waals surface area (Å²) in [5.74, 6) is -0.825. The first-order valence-electron chi connectivity index (χ1n) is 10.3. The SMILES string of the molecule is COCCN1C(=O)c2ccccc2N2C(=O)CCC12C(=O)OCc1noc(-c2cccs2)n1. The van der Waals surface area contributed by atoms with Crippen LogP contribution in [0.5, 0.6) is 0 Å². The van der Waals surface area contributed by atoms with Crippen molar-refractivity contribution < 1.29 is 28.4 Å². The van der Waals surface area contributed by atoms with Crippen LogP contribution in [-0.2, 0) is 25.7 Å². The molecule has 33 heavy (non-hydrogen) atoms. The number of rotatable bonds is 7. The smallest absolute Gasteiger partial charge is 0.354 e. The minimum atomic E-state index is -1.60. The molecule has 0 N–H and O–H groups in total. The van der Waals surface area contributed by atoms with Gasteiger partial charge in [0.2, 0.25) is 17.4 Å². The first kappa shape index (κ1) is 21.3. The Bertz CT molecular complexity index is 1210. The van der Waals surface area contributed by atoms with Crippen molar-refractivity contribution in [3.63, 3.8) is 0 Å². The van der Waals surface area contributed by atoms with E-state index in [9.17, 15) is 14.4 Å². The van der Waals surface area contributed by atoms with Gasteiger partial charge in [0.1, 0.15) is 0 Å². The number of esters is 1. The van der Waals surface area contributed by atoms with Crippen LogP contribution in [0.15, 0.2) is 46.3 Å². The van der Waals surface area contributed by atoms with Gasteiger partial charge in [0.25, 0.3) is 11.8 Å². The van der Waals surface area contributed by atoms with Crippen molar-refractivity contribution in [2.45, 2.75) is 25.1 Å². The van der Waals surface area contributed by atoms with Gasteiger partial charge in [0, 0.05) is 26.5 Å². The molecule has 2 amide bonds. The molecule has 5 rings (SSSR count). The number of anilines is 1. The molecule has 3 aromatic rings. The Morgan fingerprint density at radius 1 is 1.24 bits per heavy atom. The molecule has 1 aromatic carbocycles. The third kappa shape index (κ3) is 3.40. The molecule has 2 aromatic heterocycles. The van der Waals surface area contributed by atoms with Gasteiger partial charge in [-0.05, 0) is 23.6 Å². The molecule has 0 aliphatic carbocycles. The zero-order valence-corrected chi connectivity index (χ0v) is 18.5. The van der Waals surface area contributed by atoms with Crippen molar-refractivity contribution >= 4 is 34.8 Å². The summed E-state index contributed by atoms with van der Waals surface area (Å²) in [6.45, 7) is 0.0543. The van der Waals surface area contributed by atoms with Crippen LogP contribution in [0, 0.1) is 0 Å². The maximum atomic E-state index is 13.5. The first-order valence-corrected chi connectivity index (χ1v) is 11.2. The summed E-state index contributed by atoms with van der Waals surface area (Å²) in [7, 11) is 1.51. The molecule has 4 heterocycles. The third-order valence-corrected chi connectivity index (χ3v) is 6.61. The number of carbonyl (C=O) groups excluding carboxylic acids is 3. The number of nitrogens with zero attached hydrogens (tertiary/aromatic N) is 4. The van der Waals surface area contributed by atoms with E-state index in [1.54, 1.807) is 24.3 Å². The number of methoxy groups -OCH3 is 1. The molecule has 0 saturated carbocycles. The second-order valence-electron chi connectivity index (χ2n) is 7.58. The molecule has 2 aliphatic heterocycles. The molecule has 11 heteroatoms. The Morgan fingerprint density at radius 3 is 2.88 bits per heavy atom. The molecule has 1 saturated heterocycles. The van der Waals surface area contributed by atoms with Crippen LogP contribution in [0.1, 0.15) is 29.0 Å². The van der Waals surface area contributed by atoms with Crippen molar-refractivity contribution in [1.82, 2.24) is 15.0 Å². The minimum Gasteiger partial charge on any atom is -0.454 e. The minimum absolute atomic E-state index is 0.102. The summed E-state index contributed by atoms with van der Waals surface area (Å²) in [5.41, 5.74) is -0.845. The number of amides is 2. The maximum Gasteiger partial charge on any atom is 0.354 e. The number of ether oxygens (including phenoxy) is 2. The van der Waals surface area contributed by atoms with Gasteiger partial charge in [-0.15, -0.1) is 11.3 Å². The molecule has 0 bridgehead atoms. The Hall–Kier alpha value is -3.57. The number of hydrogen-bond acceptors (Lipinski definition) is 9. The van der Waals surface area contributed by atoms with Crippen LogP contribution in [-0.4, -0.2) is 58.7 Å². The normalized spacial score (nSPS) is 19.5. The van der Waals surface area contributed by atoms with E-state index in [2.05, 4.69) is 10.1 Å². The van der Waals surface area contributed by atoms with Gasteiger partial charge < -0.3 is 18.9 Å². The summed E-state index contributed by atoms with van der Waals surface area (Å²) < 4.78 is 16.0. The zero-order valence-electron chi connectivity index (χ0n) is 17.7. The summed E-state index contributed by atoms with van der Waals surface area (Å²) in [6, 6.07) is 10.5. The van der Waals surface area contributed by atoms with Crippen molar-refractivity contribution in [3.05, 3.63) is 53.2 Å². The van der Waals surface area contributed by atoms with Gasteiger partial charge in [0.05, 0.1) is 22.7 Å². The highest BCUT2D eigenvalue weighted by atomic mass is 32.1. The standard InChI is InChI=1S/C22H20N4O6S/c1-30-11-10-25-20(28)14-5-2-3-6-15(14)26-18(27)8-9-22(25,26)21(29)31-13-17-23-19(32-24-17)16-7-4-12-33-16/h2-7,12H,8-11,13H2,1H3. The second kappa shape index (κ2) is 8.41. The lowest BCUT2D eigenvalue weighted by Crippen LogP contribution is -2.68. The van der Waals surface area contributed by atoms with Crippen LogP contribution < -0.4 is 4.90 Å². The molecule has 170 valence electrons. The fourth-order valence-electron chi connectivity index (χ4n) is 4.29. The lowest BCUT2D eigenvalue weighted by Gasteiger charge is -2.48. The topological polar surface area (TPSA) is 115 Å². The van der Waals surface area contributed by atoms with Gasteiger partial charge in [-0.25, -0.2) is 4.79 Å². The van der Waals surface area contributed by atoms with E-state index in [0.29, 0.717) is 17.1 Å². The molecule has 0 spiro atoms. The van der Waals surface area contributed by atoms with Crippen molar-refractivity contribution in [3.8, 4) is 10.8 Å².